The van der Waals surface area contributed by atoms with E-state index < -0.39 is 0 Å². The van der Waals surface area contributed by atoms with Gasteiger partial charge in [-0.25, -0.2) is 0 Å². The van der Waals surface area contributed by atoms with Crippen LogP contribution in [-0.2, 0) is 6.42 Å². The maximum absolute atomic E-state index is 6.34. The van der Waals surface area contributed by atoms with Gasteiger partial charge < -0.3 is 14.6 Å². The smallest absolute Gasteiger partial charge is 0.145 e. The fourth-order valence-corrected chi connectivity index (χ4v) is 8.94. The molecule has 0 saturated carbocycles. The van der Waals surface area contributed by atoms with Gasteiger partial charge in [-0.3, -0.25) is 4.99 Å². The summed E-state index contributed by atoms with van der Waals surface area (Å²) in [6.45, 7) is 0. The van der Waals surface area contributed by atoms with Gasteiger partial charge in [-0.2, -0.15) is 0 Å². The van der Waals surface area contributed by atoms with E-state index in [1.165, 1.54) is 61.4 Å². The Kier molecular flexibility index (Phi) is 7.80. The highest BCUT2D eigenvalue weighted by Crippen LogP contribution is 2.44. The summed E-state index contributed by atoms with van der Waals surface area (Å²) in [4.78, 5) is 5.34. The van der Waals surface area contributed by atoms with Crippen molar-refractivity contribution >= 4 is 22.7 Å². The van der Waals surface area contributed by atoms with Crippen LogP contribution in [0.1, 0.15) is 40.0 Å². The maximum atomic E-state index is 6.34. The summed E-state index contributed by atoms with van der Waals surface area (Å²) in [6, 6.07) is 54.4. The minimum Gasteiger partial charge on any atom is -0.485 e. The quantitative estimate of drug-likeness (QED) is 0.186. The third-order valence-electron chi connectivity index (χ3n) is 11.7. The Morgan fingerprint density at radius 2 is 1.34 bits per heavy atom. The molecule has 4 nitrogen and oxygen atoms in total. The van der Waals surface area contributed by atoms with E-state index in [0.717, 1.165) is 29.0 Å². The Morgan fingerprint density at radius 1 is 0.625 bits per heavy atom. The number of nitrogens with zero attached hydrogens (tertiary/aromatic N) is 2. The lowest BCUT2D eigenvalue weighted by Crippen LogP contribution is -2.30. The Balaban J connectivity index is 0.963. The molecule has 0 spiro atoms. The summed E-state index contributed by atoms with van der Waals surface area (Å²) in [6.07, 6.45) is 16.4. The molecule has 4 heteroatoms. The fraction of sp³-hybridized carbons (Fsp3) is 0.0962. The van der Waals surface area contributed by atoms with E-state index >= 15 is 0 Å². The first-order valence-electron chi connectivity index (χ1n) is 19.6. The Labute approximate surface area is 327 Å². The van der Waals surface area contributed by atoms with Crippen molar-refractivity contribution in [3.63, 3.8) is 0 Å². The molecule has 0 bridgehead atoms. The molecule has 11 rings (SSSR count). The zero-order valence-corrected chi connectivity index (χ0v) is 30.8. The molecule has 1 N–H and O–H groups in total. The second kappa shape index (κ2) is 13.4. The number of ether oxygens (including phenoxy) is 1. The van der Waals surface area contributed by atoms with Gasteiger partial charge >= 0.3 is 0 Å². The van der Waals surface area contributed by atoms with Crippen LogP contribution in [-0.4, -0.2) is 16.4 Å². The average molecular weight is 722 g/mol. The van der Waals surface area contributed by atoms with Crippen molar-refractivity contribution in [2.45, 2.75) is 24.6 Å². The monoisotopic (exact) mass is 721 g/mol. The van der Waals surface area contributed by atoms with Gasteiger partial charge in [-0.1, -0.05) is 152 Å². The van der Waals surface area contributed by atoms with Crippen LogP contribution in [0.5, 0.6) is 5.75 Å². The Morgan fingerprint density at radius 3 is 2.20 bits per heavy atom. The van der Waals surface area contributed by atoms with Gasteiger partial charge in [-0.15, -0.1) is 0 Å². The molecular formula is C52H39N3O. The fourth-order valence-electron chi connectivity index (χ4n) is 8.94. The number of aromatic nitrogens is 1. The molecule has 2 aliphatic heterocycles. The van der Waals surface area contributed by atoms with Crippen molar-refractivity contribution in [2.75, 3.05) is 0 Å². The molecule has 0 radical (unpaired) electrons. The van der Waals surface area contributed by atoms with Crippen LogP contribution in [0.25, 0.3) is 44.9 Å². The molecule has 2 aliphatic carbocycles. The van der Waals surface area contributed by atoms with Crippen LogP contribution in [0.4, 0.5) is 0 Å². The van der Waals surface area contributed by atoms with E-state index in [-0.39, 0.29) is 24.1 Å². The normalized spacial score (nSPS) is 20.4. The molecule has 0 fully saturated rings. The van der Waals surface area contributed by atoms with Crippen molar-refractivity contribution in [1.82, 2.24) is 9.88 Å². The topological polar surface area (TPSA) is 38.5 Å². The van der Waals surface area contributed by atoms with Gasteiger partial charge in [0.25, 0.3) is 0 Å². The van der Waals surface area contributed by atoms with Gasteiger partial charge in [0.2, 0.25) is 0 Å². The van der Waals surface area contributed by atoms with Crippen LogP contribution in [0, 0.1) is 5.92 Å². The lowest BCUT2D eigenvalue weighted by Gasteiger charge is -2.30. The Bertz CT molecular complexity index is 2790. The molecule has 56 heavy (non-hydrogen) atoms. The summed E-state index contributed by atoms with van der Waals surface area (Å²) in [5, 5.41) is 5.15. The number of aliphatic imine (C=N–C) groups is 1. The highest BCUT2D eigenvalue weighted by Gasteiger charge is 2.33. The summed E-state index contributed by atoms with van der Waals surface area (Å²) in [5.41, 5.74) is 15.5. The Hall–Kier alpha value is -6.91. The molecule has 268 valence electrons. The van der Waals surface area contributed by atoms with Crippen molar-refractivity contribution in [3.05, 3.63) is 222 Å². The van der Waals surface area contributed by atoms with E-state index in [0.29, 0.717) is 0 Å². The summed E-state index contributed by atoms with van der Waals surface area (Å²) < 4.78 is 8.82. The van der Waals surface area contributed by atoms with Crippen LogP contribution >= 0.6 is 0 Å². The van der Waals surface area contributed by atoms with E-state index in [9.17, 15) is 0 Å². The largest absolute Gasteiger partial charge is 0.485 e. The number of hydrogen-bond acceptors (Lipinski definition) is 3. The molecule has 1 aromatic heterocycles. The van der Waals surface area contributed by atoms with Crippen LogP contribution in [0.2, 0.25) is 0 Å². The number of rotatable bonds is 6. The third-order valence-corrected chi connectivity index (χ3v) is 11.7. The number of benzene rings is 6. The second-order valence-corrected chi connectivity index (χ2v) is 15.1. The number of para-hydroxylation sites is 1. The molecule has 0 amide bonds. The van der Waals surface area contributed by atoms with Gasteiger partial charge in [-0.05, 0) is 70.3 Å². The molecule has 6 aromatic carbocycles. The van der Waals surface area contributed by atoms with Crippen molar-refractivity contribution in [1.29, 1.82) is 0 Å². The highest BCUT2D eigenvalue weighted by atomic mass is 16.5. The minimum atomic E-state index is -0.206. The van der Waals surface area contributed by atoms with Crippen molar-refractivity contribution in [3.8, 4) is 33.7 Å². The predicted molar refractivity (Wildman–Crippen MR) is 229 cm³/mol. The van der Waals surface area contributed by atoms with Gasteiger partial charge in [0.1, 0.15) is 18.0 Å². The summed E-state index contributed by atoms with van der Waals surface area (Å²) in [5.74, 6) is 1.34. The first-order valence-corrected chi connectivity index (χ1v) is 19.6. The molecule has 4 atom stereocenters. The van der Waals surface area contributed by atoms with Crippen molar-refractivity contribution in [2.24, 2.45) is 10.9 Å². The predicted octanol–water partition coefficient (Wildman–Crippen LogP) is 11.8. The van der Waals surface area contributed by atoms with E-state index in [4.69, 9.17) is 9.73 Å². The first-order chi connectivity index (χ1) is 27.7. The molecule has 3 heterocycles. The van der Waals surface area contributed by atoms with Gasteiger partial charge in [0.05, 0.1) is 11.2 Å². The molecule has 0 saturated heterocycles. The molecular weight excluding hydrogens is 683 g/mol. The SMILES string of the molecule is C1=CC2Oc3ccc(-n4c5c(c6ccccc64)C=CC(C4=CC(c6cccc(-c7ccc(-c8ccccc8)cc7)c6)=NC(c6ccccc6)N4)C5)cc3C2C=C1. The van der Waals surface area contributed by atoms with E-state index in [1.807, 2.05) is 0 Å². The minimum absolute atomic E-state index is 0.0616. The summed E-state index contributed by atoms with van der Waals surface area (Å²) in [7, 11) is 0. The average Bonchev–Trinajstić information content (AvgIpc) is 3.82. The second-order valence-electron chi connectivity index (χ2n) is 15.1. The van der Waals surface area contributed by atoms with E-state index in [2.05, 4.69) is 204 Å². The molecule has 4 aliphatic rings. The number of allylic oxidation sites excluding steroid dienone is 4. The summed E-state index contributed by atoms with van der Waals surface area (Å²) >= 11 is 0. The zero-order chi connectivity index (χ0) is 37.0. The highest BCUT2D eigenvalue weighted by molar-refractivity contribution is 6.10. The third kappa shape index (κ3) is 5.65. The first kappa shape index (κ1) is 32.5. The number of nitrogens with one attached hydrogen (secondary N) is 1. The van der Waals surface area contributed by atoms with E-state index in [1.54, 1.807) is 0 Å². The van der Waals surface area contributed by atoms with Crippen molar-refractivity contribution < 1.29 is 4.74 Å². The zero-order valence-electron chi connectivity index (χ0n) is 30.8. The van der Waals surface area contributed by atoms with Crippen LogP contribution < -0.4 is 10.1 Å². The number of hydrogen-bond donors (Lipinski definition) is 1. The standard InChI is InChI=1S/C52H39N3O/c1-3-12-34(13-4-1)35-22-24-36(25-23-35)38-16-11-17-39(30-38)46-33-47(54-52(53-46)37-14-5-2-6-15-37)40-26-28-43-42-18-7-9-20-48(42)55(49(43)31-40)41-27-29-51-45(32-41)44-19-8-10-21-50(44)56-51/h1-30,32-33,40,44,50,52,54H,31H2. The number of fused-ring (bicyclic) bond motifs is 6. The lowest BCUT2D eigenvalue weighted by atomic mass is 9.88. The molecule has 7 aromatic rings. The maximum Gasteiger partial charge on any atom is 0.145 e. The van der Waals surface area contributed by atoms with Crippen LogP contribution in [0.15, 0.2) is 199 Å². The molecule has 4 unspecified atom stereocenters. The van der Waals surface area contributed by atoms with Crippen LogP contribution in [0.3, 0.4) is 0 Å². The van der Waals surface area contributed by atoms with Gasteiger partial charge in [0.15, 0.2) is 0 Å². The van der Waals surface area contributed by atoms with Gasteiger partial charge in [0, 0.05) is 57.4 Å². The lowest BCUT2D eigenvalue weighted by molar-refractivity contribution is 0.269.